The number of para-hydroxylation sites is 1. The number of carbonyl (C=O) groups excluding carboxylic acids is 2. The van der Waals surface area contributed by atoms with Crippen LogP contribution in [0.25, 0.3) is 0 Å². The second-order valence-corrected chi connectivity index (χ2v) is 7.88. The average Bonchev–Trinajstić information content (AvgIpc) is 2.99. The van der Waals surface area contributed by atoms with E-state index in [0.717, 1.165) is 24.5 Å². The highest BCUT2D eigenvalue weighted by molar-refractivity contribution is 6.11. The van der Waals surface area contributed by atoms with E-state index in [1.807, 2.05) is 24.3 Å². The number of amides is 2. The molecule has 3 heterocycles. The molecule has 2 aromatic carbocycles. The lowest BCUT2D eigenvalue weighted by Crippen LogP contribution is -2.52. The molecule has 2 aliphatic heterocycles. The topological polar surface area (TPSA) is 75.2 Å². The van der Waals surface area contributed by atoms with Crippen LogP contribution in [0.5, 0.6) is 17.4 Å². The summed E-state index contributed by atoms with van der Waals surface area (Å²) in [5.74, 6) is 1.18. The Balaban J connectivity index is 1.31. The first kappa shape index (κ1) is 20.8. The molecule has 0 aliphatic carbocycles. The lowest BCUT2D eigenvalue weighted by atomic mass is 10.1. The minimum atomic E-state index is -0.275. The van der Waals surface area contributed by atoms with Crippen molar-refractivity contribution in [2.75, 3.05) is 49.6 Å². The highest BCUT2D eigenvalue weighted by Gasteiger charge is 2.32. The average molecular weight is 444 g/mol. The summed E-state index contributed by atoms with van der Waals surface area (Å²) in [6, 6.07) is 18.4. The summed E-state index contributed by atoms with van der Waals surface area (Å²) in [5.41, 5.74) is 2.00. The van der Waals surface area contributed by atoms with Gasteiger partial charge in [-0.25, -0.2) is 4.98 Å². The summed E-state index contributed by atoms with van der Waals surface area (Å²) >= 11 is 0. The van der Waals surface area contributed by atoms with Crippen molar-refractivity contribution in [1.82, 2.24) is 9.88 Å². The molecular formula is C25H24N4O4. The minimum absolute atomic E-state index is 0.0717. The number of benzene rings is 2. The van der Waals surface area contributed by atoms with Crippen molar-refractivity contribution in [2.24, 2.45) is 0 Å². The van der Waals surface area contributed by atoms with Gasteiger partial charge in [-0.05, 0) is 48.5 Å². The number of carbonyl (C=O) groups is 2. The lowest BCUT2D eigenvalue weighted by Gasteiger charge is -2.37. The fourth-order valence-corrected chi connectivity index (χ4v) is 4.16. The molecule has 0 bridgehead atoms. The maximum atomic E-state index is 13.3. The minimum Gasteiger partial charge on any atom is -0.497 e. The molecule has 0 radical (unpaired) electrons. The van der Waals surface area contributed by atoms with Crippen LogP contribution in [0.15, 0.2) is 66.9 Å². The van der Waals surface area contributed by atoms with Crippen LogP contribution in [0.3, 0.4) is 0 Å². The molecule has 1 fully saturated rings. The monoisotopic (exact) mass is 444 g/mol. The Bertz CT molecular complexity index is 1170. The number of piperazine rings is 1. The van der Waals surface area contributed by atoms with E-state index in [0.29, 0.717) is 36.0 Å². The normalized spacial score (nSPS) is 15.3. The van der Waals surface area contributed by atoms with Crippen molar-refractivity contribution < 1.29 is 19.1 Å². The van der Waals surface area contributed by atoms with Gasteiger partial charge in [-0.1, -0.05) is 12.1 Å². The van der Waals surface area contributed by atoms with Gasteiger partial charge in [0.1, 0.15) is 23.7 Å². The van der Waals surface area contributed by atoms with Crippen molar-refractivity contribution >= 4 is 23.2 Å². The van der Waals surface area contributed by atoms with E-state index < -0.39 is 0 Å². The van der Waals surface area contributed by atoms with Gasteiger partial charge < -0.3 is 19.3 Å². The first-order valence-electron chi connectivity index (χ1n) is 10.8. The van der Waals surface area contributed by atoms with Crippen molar-refractivity contribution in [3.8, 4) is 17.4 Å². The van der Waals surface area contributed by atoms with Crippen LogP contribution >= 0.6 is 0 Å². The van der Waals surface area contributed by atoms with Crippen LogP contribution in [-0.4, -0.2) is 61.5 Å². The predicted octanol–water partition coefficient (Wildman–Crippen LogP) is 3.19. The number of hydrogen-bond acceptors (Lipinski definition) is 6. The Hall–Kier alpha value is -4.07. The second kappa shape index (κ2) is 8.82. The molecule has 168 valence electrons. The zero-order valence-electron chi connectivity index (χ0n) is 18.3. The fourth-order valence-electron chi connectivity index (χ4n) is 4.16. The second-order valence-electron chi connectivity index (χ2n) is 7.88. The third kappa shape index (κ3) is 4.07. The summed E-state index contributed by atoms with van der Waals surface area (Å²) in [4.78, 5) is 36.3. The number of aromatic nitrogens is 1. The van der Waals surface area contributed by atoms with Gasteiger partial charge in [0.05, 0.1) is 12.7 Å². The van der Waals surface area contributed by atoms with Gasteiger partial charge >= 0.3 is 0 Å². The number of hydrogen-bond donors (Lipinski definition) is 0. The molecule has 1 saturated heterocycles. The summed E-state index contributed by atoms with van der Waals surface area (Å²) in [7, 11) is 1.65. The molecule has 8 heteroatoms. The van der Waals surface area contributed by atoms with E-state index in [9.17, 15) is 9.59 Å². The van der Waals surface area contributed by atoms with Crippen LogP contribution in [0, 0.1) is 0 Å². The van der Waals surface area contributed by atoms with Crippen LogP contribution in [0.1, 0.15) is 10.4 Å². The fraction of sp³-hybridized carbons (Fsp3) is 0.240. The molecule has 0 atom stereocenters. The van der Waals surface area contributed by atoms with E-state index in [1.54, 1.807) is 54.6 Å². The Labute approximate surface area is 192 Å². The standard InChI is InChI=1S/C25H24N4O4/c1-32-19-10-8-18(9-11-19)27-13-15-28(16-14-27)23(30)17-29-21-6-4-12-26-24(21)33-22-7-3-2-5-20(22)25(29)31/h2-12H,13-17H2,1H3. The number of pyridine rings is 1. The molecule has 8 nitrogen and oxygen atoms in total. The van der Waals surface area contributed by atoms with Crippen LogP contribution in [-0.2, 0) is 4.79 Å². The Kier molecular flexibility index (Phi) is 5.56. The predicted molar refractivity (Wildman–Crippen MR) is 124 cm³/mol. The Morgan fingerprint density at radius 3 is 2.52 bits per heavy atom. The maximum Gasteiger partial charge on any atom is 0.262 e. The molecule has 2 aliphatic rings. The Morgan fingerprint density at radius 2 is 1.76 bits per heavy atom. The SMILES string of the molecule is COc1ccc(N2CCN(C(=O)CN3C(=O)c4ccccc4Oc4ncccc43)CC2)cc1. The molecule has 0 saturated carbocycles. The molecule has 5 rings (SSSR count). The number of nitrogens with zero attached hydrogens (tertiary/aromatic N) is 4. The maximum absolute atomic E-state index is 13.3. The van der Waals surface area contributed by atoms with Crippen LogP contribution in [0.2, 0.25) is 0 Å². The number of fused-ring (bicyclic) bond motifs is 2. The van der Waals surface area contributed by atoms with Crippen LogP contribution < -0.4 is 19.3 Å². The van der Waals surface area contributed by atoms with Gasteiger partial charge in [0.15, 0.2) is 0 Å². The molecule has 2 amide bonds. The van der Waals surface area contributed by atoms with Gasteiger partial charge in [0, 0.05) is 38.1 Å². The van der Waals surface area contributed by atoms with E-state index in [-0.39, 0.29) is 18.4 Å². The molecule has 33 heavy (non-hydrogen) atoms. The van der Waals surface area contributed by atoms with Gasteiger partial charge in [-0.2, -0.15) is 0 Å². The molecule has 0 spiro atoms. The van der Waals surface area contributed by atoms with Gasteiger partial charge in [0.25, 0.3) is 5.91 Å². The third-order valence-electron chi connectivity index (χ3n) is 5.97. The van der Waals surface area contributed by atoms with Crippen molar-refractivity contribution in [3.05, 3.63) is 72.4 Å². The van der Waals surface area contributed by atoms with Crippen molar-refractivity contribution in [3.63, 3.8) is 0 Å². The van der Waals surface area contributed by atoms with Crippen molar-refractivity contribution in [1.29, 1.82) is 0 Å². The van der Waals surface area contributed by atoms with Gasteiger partial charge in [0.2, 0.25) is 11.8 Å². The summed E-state index contributed by atoms with van der Waals surface area (Å²) in [6.07, 6.45) is 1.61. The van der Waals surface area contributed by atoms with Gasteiger partial charge in [-0.3, -0.25) is 14.5 Å². The molecule has 3 aromatic rings. The van der Waals surface area contributed by atoms with Gasteiger partial charge in [-0.15, -0.1) is 0 Å². The first-order chi connectivity index (χ1) is 16.1. The number of rotatable bonds is 4. The molecule has 0 unspecified atom stereocenters. The smallest absolute Gasteiger partial charge is 0.262 e. The molecule has 0 N–H and O–H groups in total. The number of ether oxygens (including phenoxy) is 2. The molecular weight excluding hydrogens is 420 g/mol. The Morgan fingerprint density at radius 1 is 1.00 bits per heavy atom. The van der Waals surface area contributed by atoms with Crippen LogP contribution in [0.4, 0.5) is 11.4 Å². The highest BCUT2D eigenvalue weighted by atomic mass is 16.5. The summed E-state index contributed by atoms with van der Waals surface area (Å²) in [5, 5.41) is 0. The van der Waals surface area contributed by atoms with Crippen molar-refractivity contribution in [2.45, 2.75) is 0 Å². The van der Waals surface area contributed by atoms with E-state index in [4.69, 9.17) is 9.47 Å². The zero-order valence-corrected chi connectivity index (χ0v) is 18.3. The van der Waals surface area contributed by atoms with E-state index in [1.165, 1.54) is 4.90 Å². The largest absolute Gasteiger partial charge is 0.497 e. The number of methoxy groups -OCH3 is 1. The van der Waals surface area contributed by atoms with E-state index in [2.05, 4.69) is 9.88 Å². The quantitative estimate of drug-likeness (QED) is 0.615. The first-order valence-corrected chi connectivity index (χ1v) is 10.8. The highest BCUT2D eigenvalue weighted by Crippen LogP contribution is 2.37. The molecule has 1 aromatic heterocycles. The lowest BCUT2D eigenvalue weighted by molar-refractivity contribution is -0.129. The third-order valence-corrected chi connectivity index (χ3v) is 5.97. The van der Waals surface area contributed by atoms with E-state index >= 15 is 0 Å². The zero-order chi connectivity index (χ0) is 22.8. The summed E-state index contributed by atoms with van der Waals surface area (Å²) < 4.78 is 11.1. The number of anilines is 2. The summed E-state index contributed by atoms with van der Waals surface area (Å²) in [6.45, 7) is 2.53.